The van der Waals surface area contributed by atoms with Gasteiger partial charge in [0.15, 0.2) is 0 Å². The highest BCUT2D eigenvalue weighted by Crippen LogP contribution is 2.58. The van der Waals surface area contributed by atoms with E-state index in [1.54, 1.807) is 0 Å². The minimum Gasteiger partial charge on any atom is -0.488 e. The second kappa shape index (κ2) is 7.98. The Bertz CT molecular complexity index is 1370. The van der Waals surface area contributed by atoms with Crippen LogP contribution in [0.1, 0.15) is 55.2 Å². The fourth-order valence-corrected chi connectivity index (χ4v) is 7.01. The van der Waals surface area contributed by atoms with E-state index in [1.165, 1.54) is 19.2 Å². The van der Waals surface area contributed by atoms with Crippen molar-refractivity contribution in [2.24, 2.45) is 5.92 Å². The predicted octanol–water partition coefficient (Wildman–Crippen LogP) is 3.03. The van der Waals surface area contributed by atoms with Crippen molar-refractivity contribution < 1.29 is 19.7 Å². The van der Waals surface area contributed by atoms with Crippen molar-refractivity contribution in [1.82, 2.24) is 15.0 Å². The summed E-state index contributed by atoms with van der Waals surface area (Å²) in [5.41, 5.74) is 13.4. The summed E-state index contributed by atoms with van der Waals surface area (Å²) in [4.78, 5) is 13.2. The maximum absolute atomic E-state index is 11.6. The van der Waals surface area contributed by atoms with Crippen LogP contribution < -0.4 is 16.2 Å². The summed E-state index contributed by atoms with van der Waals surface area (Å²) in [5.74, 6) is 2.26. The van der Waals surface area contributed by atoms with Crippen LogP contribution in [0.2, 0.25) is 0 Å². The number of rotatable bonds is 4. The third kappa shape index (κ3) is 3.34. The molecule has 2 saturated carbocycles. The van der Waals surface area contributed by atoms with E-state index < -0.39 is 30.0 Å². The summed E-state index contributed by atoms with van der Waals surface area (Å²) in [6.07, 6.45) is 2.90. The fourth-order valence-electron chi connectivity index (χ4n) is 6.68. The van der Waals surface area contributed by atoms with Gasteiger partial charge >= 0.3 is 0 Å². The molecule has 1 saturated heterocycles. The van der Waals surface area contributed by atoms with Crippen LogP contribution in [-0.2, 0) is 4.74 Å². The van der Waals surface area contributed by atoms with E-state index in [-0.39, 0.29) is 11.8 Å². The SMILES string of the molecule is Nc1nc2cc(O[C@H]3CC[C@@]4(O)[C@@H]3OC(C3CC(C5CC5)c5c(N)ncnc53)[C@@H]4O)ccc2cc1Br. The largest absolute Gasteiger partial charge is 0.488 e. The van der Waals surface area contributed by atoms with Gasteiger partial charge in [-0.1, -0.05) is 0 Å². The molecule has 3 aliphatic carbocycles. The molecule has 9 nitrogen and oxygen atoms in total. The highest BCUT2D eigenvalue weighted by molar-refractivity contribution is 9.10. The van der Waals surface area contributed by atoms with Crippen LogP contribution in [0.3, 0.4) is 0 Å². The van der Waals surface area contributed by atoms with Crippen LogP contribution >= 0.6 is 15.9 Å². The normalized spacial score (nSPS) is 35.2. The Morgan fingerprint density at radius 3 is 2.72 bits per heavy atom. The van der Waals surface area contributed by atoms with Crippen molar-refractivity contribution in [3.63, 3.8) is 0 Å². The quantitative estimate of drug-likeness (QED) is 0.382. The Labute approximate surface area is 216 Å². The number of hydrogen-bond donors (Lipinski definition) is 4. The van der Waals surface area contributed by atoms with E-state index in [0.717, 1.165) is 33.1 Å². The zero-order valence-corrected chi connectivity index (χ0v) is 21.1. The molecule has 3 fully saturated rings. The average Bonchev–Trinajstić information content (AvgIpc) is 3.49. The summed E-state index contributed by atoms with van der Waals surface area (Å²) in [6, 6.07) is 7.56. The molecule has 0 amide bonds. The molecule has 3 heterocycles. The van der Waals surface area contributed by atoms with Gasteiger partial charge in [-0.15, -0.1) is 0 Å². The maximum Gasteiger partial charge on any atom is 0.138 e. The number of hydrogen-bond acceptors (Lipinski definition) is 9. The molecular formula is C26H28BrN5O4. The van der Waals surface area contributed by atoms with Gasteiger partial charge in [-0.05, 0) is 78.1 Å². The number of halogens is 1. The van der Waals surface area contributed by atoms with Crippen molar-refractivity contribution in [1.29, 1.82) is 0 Å². The molecule has 10 heteroatoms. The lowest BCUT2D eigenvalue weighted by Gasteiger charge is -2.27. The van der Waals surface area contributed by atoms with Gasteiger partial charge in [0.05, 0.1) is 21.8 Å². The molecule has 7 atom stereocenters. The lowest BCUT2D eigenvalue weighted by Crippen LogP contribution is -2.48. The summed E-state index contributed by atoms with van der Waals surface area (Å²) < 4.78 is 13.5. The molecule has 3 unspecified atom stereocenters. The van der Waals surface area contributed by atoms with Crippen LogP contribution in [0.15, 0.2) is 35.1 Å². The van der Waals surface area contributed by atoms with Gasteiger partial charge < -0.3 is 31.2 Å². The standard InChI is InChI=1S/C26H28BrN5O4/c27-16-7-12-3-4-13(8-17(12)32-24(16)28)35-18-5-6-26(34)22(33)21(36-23(18)26)15-9-14(11-1-2-11)19-20(15)30-10-31-25(19)29/h3-4,7-8,10-11,14-15,18,21-23,33-34H,1-2,5-6,9H2,(H2,28,32)(H2,29,30,31)/t14?,15?,18-,21?,22-,23+,26-/m0/s1. The van der Waals surface area contributed by atoms with Crippen molar-refractivity contribution in [3.8, 4) is 5.75 Å². The van der Waals surface area contributed by atoms with E-state index in [1.807, 2.05) is 24.3 Å². The molecule has 188 valence electrons. The van der Waals surface area contributed by atoms with Crippen molar-refractivity contribution >= 4 is 38.5 Å². The van der Waals surface area contributed by atoms with Crippen molar-refractivity contribution in [3.05, 3.63) is 46.3 Å². The lowest BCUT2D eigenvalue weighted by atomic mass is 9.85. The molecule has 36 heavy (non-hydrogen) atoms. The van der Waals surface area contributed by atoms with Crippen LogP contribution in [0.5, 0.6) is 5.75 Å². The summed E-state index contributed by atoms with van der Waals surface area (Å²) >= 11 is 3.41. The Kier molecular flexibility index (Phi) is 5.02. The molecule has 3 aromatic rings. The first kappa shape index (κ1) is 22.7. The molecule has 0 spiro atoms. The van der Waals surface area contributed by atoms with Crippen molar-refractivity contribution in [2.45, 2.75) is 74.0 Å². The minimum absolute atomic E-state index is 0.146. The van der Waals surface area contributed by atoms with Crippen molar-refractivity contribution in [2.75, 3.05) is 11.5 Å². The number of benzene rings is 1. The molecule has 0 radical (unpaired) electrons. The van der Waals surface area contributed by atoms with Gasteiger partial charge in [0.2, 0.25) is 0 Å². The number of fused-ring (bicyclic) bond motifs is 3. The highest BCUT2D eigenvalue weighted by atomic mass is 79.9. The average molecular weight is 554 g/mol. The molecule has 6 N–H and O–H groups in total. The number of aliphatic hydroxyl groups is 2. The third-order valence-electron chi connectivity index (χ3n) is 8.61. The zero-order valence-electron chi connectivity index (χ0n) is 19.5. The Hall–Kier alpha value is -2.53. The fraction of sp³-hybridized carbons (Fsp3) is 0.500. The number of ether oxygens (including phenoxy) is 2. The van der Waals surface area contributed by atoms with Crippen LogP contribution in [-0.4, -0.2) is 55.2 Å². The number of nitrogens with two attached hydrogens (primary N) is 2. The Morgan fingerprint density at radius 1 is 1.08 bits per heavy atom. The first-order valence-corrected chi connectivity index (χ1v) is 13.3. The van der Waals surface area contributed by atoms with E-state index in [0.29, 0.717) is 36.1 Å². The molecule has 4 aliphatic rings. The van der Waals surface area contributed by atoms with Crippen LogP contribution in [0, 0.1) is 5.92 Å². The number of pyridine rings is 1. The van der Waals surface area contributed by atoms with Crippen LogP contribution in [0.4, 0.5) is 11.6 Å². The van der Waals surface area contributed by atoms with E-state index in [4.69, 9.17) is 20.9 Å². The molecule has 1 aliphatic heterocycles. The Balaban J connectivity index is 1.16. The number of aromatic nitrogens is 3. The number of aliphatic hydroxyl groups excluding tert-OH is 1. The van der Waals surface area contributed by atoms with E-state index in [2.05, 4.69) is 30.9 Å². The van der Waals surface area contributed by atoms with Gasteiger partial charge in [0.25, 0.3) is 0 Å². The second-order valence-electron chi connectivity index (χ2n) is 10.7. The third-order valence-corrected chi connectivity index (χ3v) is 9.24. The number of nitrogen functional groups attached to an aromatic ring is 2. The smallest absolute Gasteiger partial charge is 0.138 e. The van der Waals surface area contributed by atoms with E-state index in [9.17, 15) is 10.2 Å². The van der Waals surface area contributed by atoms with Gasteiger partial charge in [0.1, 0.15) is 47.6 Å². The highest BCUT2D eigenvalue weighted by Gasteiger charge is 2.64. The summed E-state index contributed by atoms with van der Waals surface area (Å²) in [5, 5.41) is 23.9. The minimum atomic E-state index is -1.38. The number of anilines is 2. The lowest BCUT2D eigenvalue weighted by molar-refractivity contribution is -0.0774. The topological polar surface area (TPSA) is 150 Å². The van der Waals surface area contributed by atoms with Gasteiger partial charge in [0, 0.05) is 22.9 Å². The predicted molar refractivity (Wildman–Crippen MR) is 136 cm³/mol. The van der Waals surface area contributed by atoms with Gasteiger partial charge in [-0.3, -0.25) is 0 Å². The van der Waals surface area contributed by atoms with Crippen LogP contribution in [0.25, 0.3) is 10.9 Å². The first-order chi connectivity index (χ1) is 17.3. The maximum atomic E-state index is 11.6. The zero-order chi connectivity index (χ0) is 24.8. The first-order valence-electron chi connectivity index (χ1n) is 12.5. The Morgan fingerprint density at radius 2 is 1.92 bits per heavy atom. The van der Waals surface area contributed by atoms with Gasteiger partial charge in [-0.2, -0.15) is 0 Å². The second-order valence-corrected chi connectivity index (χ2v) is 11.6. The summed E-state index contributed by atoms with van der Waals surface area (Å²) in [7, 11) is 0. The molecule has 7 rings (SSSR count). The molecule has 0 bridgehead atoms. The van der Waals surface area contributed by atoms with Gasteiger partial charge in [-0.25, -0.2) is 15.0 Å². The monoisotopic (exact) mass is 553 g/mol. The summed E-state index contributed by atoms with van der Waals surface area (Å²) in [6.45, 7) is 0. The molecular weight excluding hydrogens is 526 g/mol. The molecule has 2 aromatic heterocycles. The molecule has 1 aromatic carbocycles. The van der Waals surface area contributed by atoms with E-state index >= 15 is 0 Å². The number of nitrogens with zero attached hydrogens (tertiary/aromatic N) is 3.